The molecule has 0 saturated heterocycles. The van der Waals surface area contributed by atoms with Crippen LogP contribution in [0.2, 0.25) is 0 Å². The first kappa shape index (κ1) is 15.2. The molecule has 1 aromatic rings. The third-order valence-electron chi connectivity index (χ3n) is 5.33. The van der Waals surface area contributed by atoms with Crippen LogP contribution >= 0.6 is 0 Å². The van der Waals surface area contributed by atoms with Crippen LogP contribution in [0.25, 0.3) is 0 Å². The summed E-state index contributed by atoms with van der Waals surface area (Å²) in [7, 11) is -0.746. The van der Waals surface area contributed by atoms with E-state index < -0.39 is 10.8 Å². The second kappa shape index (κ2) is 7.06. The maximum Gasteiger partial charge on any atom is 0.0504 e. The van der Waals surface area contributed by atoms with E-state index in [0.29, 0.717) is 11.8 Å². The zero-order chi connectivity index (χ0) is 14.7. The van der Waals surface area contributed by atoms with Crippen LogP contribution in [0.15, 0.2) is 30.3 Å². The SMILES string of the molecule is NC1CCC(c2ccccc2)CC1S(=O)CC1CCCC1. The number of hydrogen-bond donors (Lipinski definition) is 1. The minimum Gasteiger partial charge on any atom is -0.327 e. The van der Waals surface area contributed by atoms with Crippen molar-refractivity contribution in [2.24, 2.45) is 11.7 Å². The van der Waals surface area contributed by atoms with Crippen molar-refractivity contribution in [1.29, 1.82) is 0 Å². The Morgan fingerprint density at radius 1 is 1.05 bits per heavy atom. The van der Waals surface area contributed by atoms with E-state index in [1.54, 1.807) is 0 Å². The predicted molar refractivity (Wildman–Crippen MR) is 89.8 cm³/mol. The van der Waals surface area contributed by atoms with Crippen LogP contribution in [-0.2, 0) is 10.8 Å². The van der Waals surface area contributed by atoms with Gasteiger partial charge in [0, 0.05) is 22.6 Å². The smallest absolute Gasteiger partial charge is 0.0504 e. The normalized spacial score (nSPS) is 32.1. The summed E-state index contributed by atoms with van der Waals surface area (Å²) < 4.78 is 12.8. The molecule has 0 heterocycles. The van der Waals surface area contributed by atoms with Crippen molar-refractivity contribution >= 4 is 10.8 Å². The van der Waals surface area contributed by atoms with Crippen LogP contribution in [-0.4, -0.2) is 21.3 Å². The Morgan fingerprint density at radius 3 is 2.48 bits per heavy atom. The highest BCUT2D eigenvalue weighted by Crippen LogP contribution is 2.35. The lowest BCUT2D eigenvalue weighted by Gasteiger charge is -2.34. The molecule has 21 heavy (non-hydrogen) atoms. The summed E-state index contributed by atoms with van der Waals surface area (Å²) in [4.78, 5) is 0. The topological polar surface area (TPSA) is 43.1 Å². The lowest BCUT2D eigenvalue weighted by molar-refractivity contribution is 0.399. The van der Waals surface area contributed by atoms with Crippen molar-refractivity contribution in [2.45, 2.75) is 62.2 Å². The average molecular weight is 305 g/mol. The Hall–Kier alpha value is -0.670. The highest BCUT2D eigenvalue weighted by Gasteiger charge is 2.34. The molecule has 2 fully saturated rings. The van der Waals surface area contributed by atoms with Gasteiger partial charge in [0.2, 0.25) is 0 Å². The zero-order valence-corrected chi connectivity index (χ0v) is 13.6. The van der Waals surface area contributed by atoms with E-state index in [9.17, 15) is 4.21 Å². The summed E-state index contributed by atoms with van der Waals surface area (Å²) in [5, 5.41) is 0.199. The van der Waals surface area contributed by atoms with Crippen molar-refractivity contribution in [1.82, 2.24) is 0 Å². The molecular weight excluding hydrogens is 278 g/mol. The van der Waals surface area contributed by atoms with E-state index in [-0.39, 0.29) is 11.3 Å². The van der Waals surface area contributed by atoms with Gasteiger partial charge >= 0.3 is 0 Å². The Morgan fingerprint density at radius 2 is 1.76 bits per heavy atom. The first-order valence-corrected chi connectivity index (χ1v) is 9.80. The van der Waals surface area contributed by atoms with Gasteiger partial charge in [0.25, 0.3) is 0 Å². The second-order valence-electron chi connectivity index (χ2n) is 6.82. The van der Waals surface area contributed by atoms with Gasteiger partial charge in [-0.05, 0) is 49.5 Å². The summed E-state index contributed by atoms with van der Waals surface area (Å²) in [6.07, 6.45) is 8.36. The van der Waals surface area contributed by atoms with Crippen LogP contribution in [0, 0.1) is 5.92 Å². The maximum atomic E-state index is 12.8. The number of hydrogen-bond acceptors (Lipinski definition) is 2. The Bertz CT molecular complexity index is 469. The van der Waals surface area contributed by atoms with Gasteiger partial charge in [-0.1, -0.05) is 43.2 Å². The van der Waals surface area contributed by atoms with Crippen molar-refractivity contribution in [3.63, 3.8) is 0 Å². The minimum absolute atomic E-state index is 0.132. The van der Waals surface area contributed by atoms with Gasteiger partial charge in [-0.25, -0.2) is 0 Å². The molecule has 4 atom stereocenters. The molecule has 2 aliphatic rings. The Kier molecular flexibility index (Phi) is 5.12. The lowest BCUT2D eigenvalue weighted by Crippen LogP contribution is -2.43. The van der Waals surface area contributed by atoms with Gasteiger partial charge in [-0.3, -0.25) is 4.21 Å². The Labute approximate surface area is 131 Å². The van der Waals surface area contributed by atoms with Crippen LogP contribution in [0.1, 0.15) is 56.4 Å². The molecule has 2 saturated carbocycles. The number of rotatable bonds is 4. The van der Waals surface area contributed by atoms with Crippen molar-refractivity contribution < 1.29 is 4.21 Å². The van der Waals surface area contributed by atoms with Crippen LogP contribution in [0.4, 0.5) is 0 Å². The minimum atomic E-state index is -0.746. The van der Waals surface area contributed by atoms with Crippen molar-refractivity contribution in [2.75, 3.05) is 5.75 Å². The molecule has 3 heteroatoms. The molecule has 0 bridgehead atoms. The van der Waals surface area contributed by atoms with Gasteiger partial charge in [0.1, 0.15) is 0 Å². The van der Waals surface area contributed by atoms with E-state index in [4.69, 9.17) is 5.73 Å². The van der Waals surface area contributed by atoms with Gasteiger partial charge in [0.05, 0.1) is 5.25 Å². The molecule has 3 rings (SSSR count). The maximum absolute atomic E-state index is 12.8. The molecule has 0 amide bonds. The average Bonchev–Trinajstić information content (AvgIpc) is 3.01. The molecule has 0 aromatic heterocycles. The van der Waals surface area contributed by atoms with Gasteiger partial charge in [-0.2, -0.15) is 0 Å². The fourth-order valence-electron chi connectivity index (χ4n) is 4.02. The Balaban J connectivity index is 1.64. The van der Waals surface area contributed by atoms with E-state index >= 15 is 0 Å². The molecule has 2 aliphatic carbocycles. The monoisotopic (exact) mass is 305 g/mol. The molecule has 0 aliphatic heterocycles. The first-order valence-electron chi connectivity index (χ1n) is 8.41. The largest absolute Gasteiger partial charge is 0.327 e. The van der Waals surface area contributed by atoms with Crippen LogP contribution in [0.5, 0.6) is 0 Å². The highest BCUT2D eigenvalue weighted by molar-refractivity contribution is 7.85. The van der Waals surface area contributed by atoms with Crippen molar-refractivity contribution in [3.8, 4) is 0 Å². The zero-order valence-electron chi connectivity index (χ0n) is 12.7. The van der Waals surface area contributed by atoms with Gasteiger partial charge in [-0.15, -0.1) is 0 Å². The second-order valence-corrected chi connectivity index (χ2v) is 8.52. The van der Waals surface area contributed by atoms with Gasteiger partial charge < -0.3 is 5.73 Å². The molecule has 2 nitrogen and oxygen atoms in total. The van der Waals surface area contributed by atoms with Gasteiger partial charge in [0.15, 0.2) is 0 Å². The quantitative estimate of drug-likeness (QED) is 0.924. The molecule has 1 aromatic carbocycles. The molecule has 2 N–H and O–H groups in total. The standard InChI is InChI=1S/C18H27NOS/c19-17-11-10-16(15-8-2-1-3-9-15)12-18(17)21(20)13-14-6-4-5-7-14/h1-3,8-9,14,16-18H,4-7,10-13,19H2. The van der Waals surface area contributed by atoms with E-state index in [1.807, 2.05) is 0 Å². The van der Waals surface area contributed by atoms with E-state index in [0.717, 1.165) is 25.0 Å². The lowest BCUT2D eigenvalue weighted by atomic mass is 9.82. The fraction of sp³-hybridized carbons (Fsp3) is 0.667. The number of benzene rings is 1. The van der Waals surface area contributed by atoms with Crippen molar-refractivity contribution in [3.05, 3.63) is 35.9 Å². The summed E-state index contributed by atoms with van der Waals surface area (Å²) >= 11 is 0. The van der Waals surface area contributed by atoms with Crippen LogP contribution in [0.3, 0.4) is 0 Å². The first-order chi connectivity index (χ1) is 10.2. The number of nitrogens with two attached hydrogens (primary N) is 1. The fourth-order valence-corrected chi connectivity index (χ4v) is 6.03. The summed E-state index contributed by atoms with van der Waals surface area (Å²) in [6, 6.07) is 10.8. The third-order valence-corrected chi connectivity index (χ3v) is 7.34. The van der Waals surface area contributed by atoms with E-state index in [1.165, 1.54) is 31.2 Å². The molecule has 4 unspecified atom stereocenters. The summed E-state index contributed by atoms with van der Waals surface area (Å²) in [5.41, 5.74) is 7.70. The molecular formula is C18H27NOS. The van der Waals surface area contributed by atoms with Crippen LogP contribution < -0.4 is 5.73 Å². The summed E-state index contributed by atoms with van der Waals surface area (Å²) in [6.45, 7) is 0. The van der Waals surface area contributed by atoms with E-state index in [2.05, 4.69) is 30.3 Å². The molecule has 0 radical (unpaired) electrons. The summed E-state index contributed by atoms with van der Waals surface area (Å²) in [5.74, 6) is 2.12. The highest BCUT2D eigenvalue weighted by atomic mass is 32.2. The molecule has 0 spiro atoms. The predicted octanol–water partition coefficient (Wildman–Crippen LogP) is 3.59. The third kappa shape index (κ3) is 3.75. The molecule has 116 valence electrons.